The minimum absolute atomic E-state index is 0.000136. The number of carbonyl (C=O) groups excluding carboxylic acids is 2. The minimum Gasteiger partial charge on any atom is -0.507 e. The first-order valence-electron chi connectivity index (χ1n) is 9.44. The lowest BCUT2D eigenvalue weighted by Gasteiger charge is -2.26. The zero-order valence-electron chi connectivity index (χ0n) is 16.4. The van der Waals surface area contributed by atoms with Gasteiger partial charge in [-0.25, -0.2) is 0 Å². The van der Waals surface area contributed by atoms with Crippen molar-refractivity contribution in [1.82, 2.24) is 4.90 Å². The number of aliphatic hydroxyl groups is 1. The summed E-state index contributed by atoms with van der Waals surface area (Å²) >= 11 is 6.29. The van der Waals surface area contributed by atoms with Gasteiger partial charge in [-0.1, -0.05) is 43.6 Å². The number of rotatable bonds is 7. The van der Waals surface area contributed by atoms with Crippen molar-refractivity contribution in [2.45, 2.75) is 19.4 Å². The normalized spacial score (nSPS) is 18.4. The molecule has 2 aromatic rings. The van der Waals surface area contributed by atoms with Crippen LogP contribution in [0.3, 0.4) is 0 Å². The molecule has 0 fully saturated rings. The van der Waals surface area contributed by atoms with E-state index >= 15 is 0 Å². The fraction of sp³-hybridized carbons (Fsp3) is 0.333. The SMILES string of the molecule is CCN(CC)CCN1C(=O)C(O)(c2ccccc2Cl)c2c(O)cc(C(N)=O)cc21. The summed E-state index contributed by atoms with van der Waals surface area (Å²) in [6.45, 7) is 6.44. The lowest BCUT2D eigenvalue weighted by atomic mass is 9.86. The van der Waals surface area contributed by atoms with Crippen molar-refractivity contribution in [2.75, 3.05) is 31.1 Å². The Labute approximate surface area is 174 Å². The number of hydrogen-bond donors (Lipinski definition) is 3. The number of nitrogens with zero attached hydrogens (tertiary/aromatic N) is 2. The fourth-order valence-electron chi connectivity index (χ4n) is 3.76. The number of phenols is 1. The van der Waals surface area contributed by atoms with Crippen molar-refractivity contribution in [3.05, 3.63) is 58.1 Å². The van der Waals surface area contributed by atoms with Gasteiger partial charge in [0, 0.05) is 29.2 Å². The molecule has 0 spiro atoms. The molecule has 3 rings (SSSR count). The number of halogens is 1. The standard InChI is InChI=1S/C21H24ClN3O4/c1-3-24(4-2)9-10-25-16-11-13(19(23)27)12-17(26)18(16)21(29,20(25)28)14-7-5-6-8-15(14)22/h5-8,11-12,26,29H,3-4,9-10H2,1-2H3,(H2,23,27). The van der Waals surface area contributed by atoms with Crippen LogP contribution in [0.15, 0.2) is 36.4 Å². The molecule has 2 amide bonds. The minimum atomic E-state index is -2.17. The van der Waals surface area contributed by atoms with Crippen LogP contribution < -0.4 is 10.6 Å². The lowest BCUT2D eigenvalue weighted by molar-refractivity contribution is -0.132. The highest BCUT2D eigenvalue weighted by molar-refractivity contribution is 6.32. The topological polar surface area (TPSA) is 107 Å². The van der Waals surface area contributed by atoms with Crippen LogP contribution in [0.1, 0.15) is 35.3 Å². The number of nitrogens with two attached hydrogens (primary N) is 1. The second kappa shape index (κ2) is 8.02. The van der Waals surface area contributed by atoms with Crippen molar-refractivity contribution in [1.29, 1.82) is 0 Å². The first-order chi connectivity index (χ1) is 13.7. The average molecular weight is 418 g/mol. The summed E-state index contributed by atoms with van der Waals surface area (Å²) in [5.74, 6) is -1.77. The third-order valence-corrected chi connectivity index (χ3v) is 5.72. The Morgan fingerprint density at radius 2 is 1.90 bits per heavy atom. The molecule has 0 bridgehead atoms. The number of hydrogen-bond acceptors (Lipinski definition) is 5. The van der Waals surface area contributed by atoms with Crippen molar-refractivity contribution in [2.24, 2.45) is 5.73 Å². The van der Waals surface area contributed by atoms with Crippen LogP contribution in [-0.4, -0.2) is 53.1 Å². The Morgan fingerprint density at radius 1 is 1.24 bits per heavy atom. The molecule has 1 aliphatic heterocycles. The van der Waals surface area contributed by atoms with Gasteiger partial charge >= 0.3 is 0 Å². The summed E-state index contributed by atoms with van der Waals surface area (Å²) in [6.07, 6.45) is 0. The van der Waals surface area contributed by atoms with Gasteiger partial charge in [-0.2, -0.15) is 0 Å². The highest BCUT2D eigenvalue weighted by Crippen LogP contribution is 2.50. The second-order valence-electron chi connectivity index (χ2n) is 6.93. The van der Waals surface area contributed by atoms with Crippen molar-refractivity contribution in [3.8, 4) is 5.75 Å². The Balaban J connectivity index is 2.19. The Hall–Kier alpha value is -2.61. The average Bonchev–Trinajstić information content (AvgIpc) is 2.91. The van der Waals surface area contributed by atoms with Gasteiger partial charge in [-0.3, -0.25) is 9.59 Å². The van der Waals surface area contributed by atoms with Crippen molar-refractivity contribution < 1.29 is 19.8 Å². The Bertz CT molecular complexity index is 961. The summed E-state index contributed by atoms with van der Waals surface area (Å²) in [5.41, 5.74) is 3.67. The molecule has 29 heavy (non-hydrogen) atoms. The Kier molecular flexibility index (Phi) is 5.84. The molecule has 154 valence electrons. The molecule has 0 saturated heterocycles. The summed E-state index contributed by atoms with van der Waals surface area (Å²) in [5, 5.41) is 22.4. The van der Waals surface area contributed by atoms with Crippen molar-refractivity contribution in [3.63, 3.8) is 0 Å². The predicted molar refractivity (Wildman–Crippen MR) is 111 cm³/mol. The first kappa shape index (κ1) is 21.1. The molecule has 1 atom stereocenters. The van der Waals surface area contributed by atoms with E-state index in [1.807, 2.05) is 13.8 Å². The van der Waals surface area contributed by atoms with E-state index in [0.29, 0.717) is 6.54 Å². The molecule has 1 aliphatic rings. The number of phenolic OH excluding ortho intramolecular Hbond substituents is 1. The van der Waals surface area contributed by atoms with Gasteiger partial charge in [0.25, 0.3) is 5.91 Å². The van der Waals surface area contributed by atoms with Crippen LogP contribution in [0.4, 0.5) is 5.69 Å². The van der Waals surface area contributed by atoms with E-state index in [0.717, 1.165) is 19.2 Å². The molecule has 8 heteroatoms. The van der Waals surface area contributed by atoms with Crippen LogP contribution in [0, 0.1) is 0 Å². The maximum Gasteiger partial charge on any atom is 0.268 e. The smallest absolute Gasteiger partial charge is 0.268 e. The molecule has 0 aromatic heterocycles. The number of likely N-dealkylation sites (N-methyl/N-ethyl adjacent to an activating group) is 1. The van der Waals surface area contributed by atoms with E-state index in [-0.39, 0.29) is 33.9 Å². The highest BCUT2D eigenvalue weighted by atomic mass is 35.5. The molecule has 1 heterocycles. The third kappa shape index (κ3) is 3.46. The maximum absolute atomic E-state index is 13.4. The molecule has 1 unspecified atom stereocenters. The van der Waals surface area contributed by atoms with Gasteiger partial charge in [-0.05, 0) is 31.3 Å². The molecule has 4 N–H and O–H groups in total. The van der Waals surface area contributed by atoms with E-state index in [9.17, 15) is 19.8 Å². The number of amides is 2. The lowest BCUT2D eigenvalue weighted by Crippen LogP contribution is -2.44. The molecular weight excluding hydrogens is 394 g/mol. The largest absolute Gasteiger partial charge is 0.507 e. The van der Waals surface area contributed by atoms with Gasteiger partial charge < -0.3 is 25.7 Å². The summed E-state index contributed by atoms with van der Waals surface area (Å²) in [4.78, 5) is 28.6. The zero-order valence-corrected chi connectivity index (χ0v) is 17.1. The molecule has 7 nitrogen and oxygen atoms in total. The molecular formula is C21H24ClN3O4. The van der Waals surface area contributed by atoms with Crippen LogP contribution in [0.5, 0.6) is 5.75 Å². The number of fused-ring (bicyclic) bond motifs is 1. The predicted octanol–water partition coefficient (Wildman–Crippen LogP) is 2.07. The van der Waals surface area contributed by atoms with Gasteiger partial charge in [0.15, 0.2) is 0 Å². The Morgan fingerprint density at radius 3 is 2.48 bits per heavy atom. The van der Waals surface area contributed by atoms with E-state index in [4.69, 9.17) is 17.3 Å². The molecule has 2 aromatic carbocycles. The maximum atomic E-state index is 13.4. The monoisotopic (exact) mass is 417 g/mol. The second-order valence-corrected chi connectivity index (χ2v) is 7.33. The van der Waals surface area contributed by atoms with Crippen LogP contribution in [0.2, 0.25) is 5.02 Å². The van der Waals surface area contributed by atoms with E-state index in [1.165, 1.54) is 11.0 Å². The van der Waals surface area contributed by atoms with Gasteiger partial charge in [-0.15, -0.1) is 0 Å². The first-order valence-corrected chi connectivity index (χ1v) is 9.82. The quantitative estimate of drug-likeness (QED) is 0.639. The molecule has 0 saturated carbocycles. The van der Waals surface area contributed by atoms with Gasteiger partial charge in [0.1, 0.15) is 5.75 Å². The van der Waals surface area contributed by atoms with Gasteiger partial charge in [0.2, 0.25) is 11.5 Å². The van der Waals surface area contributed by atoms with Crippen LogP contribution >= 0.6 is 11.6 Å². The highest BCUT2D eigenvalue weighted by Gasteiger charge is 2.54. The number of primary amides is 1. The number of carbonyl (C=O) groups is 2. The molecule has 0 aliphatic carbocycles. The summed E-state index contributed by atoms with van der Waals surface area (Å²) in [7, 11) is 0. The van der Waals surface area contributed by atoms with Crippen LogP contribution in [0.25, 0.3) is 0 Å². The summed E-state index contributed by atoms with van der Waals surface area (Å²) < 4.78 is 0. The number of anilines is 1. The fourth-order valence-corrected chi connectivity index (χ4v) is 4.03. The zero-order chi connectivity index (χ0) is 21.3. The van der Waals surface area contributed by atoms with E-state index < -0.39 is 23.2 Å². The number of benzene rings is 2. The third-order valence-electron chi connectivity index (χ3n) is 5.39. The summed E-state index contributed by atoms with van der Waals surface area (Å²) in [6, 6.07) is 9.02. The van der Waals surface area contributed by atoms with Crippen LogP contribution in [-0.2, 0) is 10.4 Å². The van der Waals surface area contributed by atoms with Gasteiger partial charge in [0.05, 0.1) is 11.3 Å². The molecule has 0 radical (unpaired) electrons. The van der Waals surface area contributed by atoms with Crippen molar-refractivity contribution >= 4 is 29.1 Å². The van der Waals surface area contributed by atoms with E-state index in [2.05, 4.69) is 4.90 Å². The number of aromatic hydroxyl groups is 1. The van der Waals surface area contributed by atoms with E-state index in [1.54, 1.807) is 24.3 Å².